The Labute approximate surface area is 124 Å². The lowest BCUT2D eigenvalue weighted by molar-refractivity contribution is -0.147. The summed E-state index contributed by atoms with van der Waals surface area (Å²) in [6.45, 7) is 5.23. The maximum absolute atomic E-state index is 12.1. The fourth-order valence-electron chi connectivity index (χ4n) is 1.74. The van der Waals surface area contributed by atoms with Gasteiger partial charge in [-0.1, -0.05) is 6.08 Å². The van der Waals surface area contributed by atoms with E-state index in [1.165, 1.54) is 0 Å². The van der Waals surface area contributed by atoms with Crippen LogP contribution >= 0.6 is 0 Å². The minimum atomic E-state index is -0.830. The lowest BCUT2D eigenvalue weighted by atomic mass is 10.1. The number of ether oxygens (including phenoxy) is 2. The van der Waals surface area contributed by atoms with E-state index in [1.807, 2.05) is 0 Å². The average Bonchev–Trinajstić information content (AvgIpc) is 2.47. The molecule has 0 spiro atoms. The summed E-state index contributed by atoms with van der Waals surface area (Å²) in [5, 5.41) is 3.01. The van der Waals surface area contributed by atoms with Crippen LogP contribution in [-0.2, 0) is 14.3 Å². The van der Waals surface area contributed by atoms with E-state index in [-0.39, 0.29) is 6.10 Å². The molecule has 21 heavy (non-hydrogen) atoms. The molecule has 0 saturated heterocycles. The molecule has 0 bridgehead atoms. The number of esters is 1. The first-order chi connectivity index (χ1) is 10.0. The molecule has 0 unspecified atom stereocenters. The first-order valence-electron chi connectivity index (χ1n) is 6.74. The first kappa shape index (κ1) is 16.8. The SMILES string of the molecule is C/C=C(/C=O)[C@H](Nc1ccc(OC)cc1)C(=O)OC(C)C. The monoisotopic (exact) mass is 291 g/mol. The molecule has 1 aromatic carbocycles. The van der Waals surface area contributed by atoms with Crippen molar-refractivity contribution in [1.29, 1.82) is 0 Å². The molecule has 0 aromatic heterocycles. The number of carbonyl (C=O) groups excluding carboxylic acids is 2. The molecular formula is C16H21NO4. The number of rotatable bonds is 7. The third-order valence-corrected chi connectivity index (χ3v) is 2.79. The molecule has 0 aliphatic rings. The number of benzene rings is 1. The van der Waals surface area contributed by atoms with Crippen LogP contribution in [0.1, 0.15) is 20.8 Å². The summed E-state index contributed by atoms with van der Waals surface area (Å²) >= 11 is 0. The summed E-state index contributed by atoms with van der Waals surface area (Å²) < 4.78 is 10.3. The molecular weight excluding hydrogens is 270 g/mol. The van der Waals surface area contributed by atoms with Crippen LogP contribution in [0, 0.1) is 0 Å². The van der Waals surface area contributed by atoms with Crippen LogP contribution in [0.15, 0.2) is 35.9 Å². The Morgan fingerprint density at radius 1 is 1.24 bits per heavy atom. The zero-order valence-electron chi connectivity index (χ0n) is 12.8. The first-order valence-corrected chi connectivity index (χ1v) is 6.74. The van der Waals surface area contributed by atoms with Crippen molar-refractivity contribution in [2.75, 3.05) is 12.4 Å². The fourth-order valence-corrected chi connectivity index (χ4v) is 1.74. The number of hydrogen-bond acceptors (Lipinski definition) is 5. The van der Waals surface area contributed by atoms with Crippen LogP contribution < -0.4 is 10.1 Å². The number of aldehydes is 1. The van der Waals surface area contributed by atoms with Gasteiger partial charge in [-0.05, 0) is 45.0 Å². The van der Waals surface area contributed by atoms with Gasteiger partial charge in [0.05, 0.1) is 13.2 Å². The highest BCUT2D eigenvalue weighted by Gasteiger charge is 2.24. The molecule has 5 nitrogen and oxygen atoms in total. The molecule has 0 saturated carbocycles. The highest BCUT2D eigenvalue weighted by atomic mass is 16.5. The van der Waals surface area contributed by atoms with Gasteiger partial charge in [0.25, 0.3) is 0 Å². The number of allylic oxidation sites excluding steroid dienone is 1. The van der Waals surface area contributed by atoms with E-state index in [1.54, 1.807) is 58.2 Å². The predicted molar refractivity (Wildman–Crippen MR) is 81.5 cm³/mol. The van der Waals surface area contributed by atoms with E-state index in [2.05, 4.69) is 5.32 Å². The third kappa shape index (κ3) is 4.95. The van der Waals surface area contributed by atoms with Crippen LogP contribution in [0.5, 0.6) is 5.75 Å². The van der Waals surface area contributed by atoms with Gasteiger partial charge in [-0.15, -0.1) is 0 Å². The number of methoxy groups -OCH3 is 1. The second-order valence-corrected chi connectivity index (χ2v) is 4.70. The standard InChI is InChI=1S/C16H21NO4/c1-5-12(10-18)15(16(19)21-11(2)3)17-13-6-8-14(20-4)9-7-13/h5-11,15,17H,1-4H3/b12-5-/t15-/m0/s1. The molecule has 0 aliphatic heterocycles. The Hall–Kier alpha value is -2.30. The van der Waals surface area contributed by atoms with Gasteiger partial charge >= 0.3 is 5.97 Å². The van der Waals surface area contributed by atoms with Crippen molar-refractivity contribution >= 4 is 17.9 Å². The van der Waals surface area contributed by atoms with Crippen LogP contribution in [0.25, 0.3) is 0 Å². The van der Waals surface area contributed by atoms with Gasteiger partial charge in [-0.25, -0.2) is 4.79 Å². The van der Waals surface area contributed by atoms with Gasteiger partial charge in [0.2, 0.25) is 0 Å². The smallest absolute Gasteiger partial charge is 0.333 e. The lowest BCUT2D eigenvalue weighted by Crippen LogP contribution is -2.35. The summed E-state index contributed by atoms with van der Waals surface area (Å²) in [4.78, 5) is 23.3. The molecule has 0 heterocycles. The molecule has 1 rings (SSSR count). The summed E-state index contributed by atoms with van der Waals surface area (Å²) in [6, 6.07) is 6.25. The van der Waals surface area contributed by atoms with Gasteiger partial charge in [0, 0.05) is 11.3 Å². The minimum absolute atomic E-state index is 0.248. The van der Waals surface area contributed by atoms with Crippen LogP contribution in [-0.4, -0.2) is 31.5 Å². The Morgan fingerprint density at radius 2 is 1.86 bits per heavy atom. The molecule has 1 aromatic rings. The summed E-state index contributed by atoms with van der Waals surface area (Å²) in [5.74, 6) is 0.226. The predicted octanol–water partition coefficient (Wildman–Crippen LogP) is 2.57. The van der Waals surface area contributed by atoms with Gasteiger partial charge in [0.1, 0.15) is 12.0 Å². The lowest BCUT2D eigenvalue weighted by Gasteiger charge is -2.20. The van der Waals surface area contributed by atoms with Gasteiger partial charge in [-0.2, -0.15) is 0 Å². The fraction of sp³-hybridized carbons (Fsp3) is 0.375. The number of carbonyl (C=O) groups is 2. The zero-order valence-corrected chi connectivity index (χ0v) is 12.8. The molecule has 0 radical (unpaired) electrons. The molecule has 0 aliphatic carbocycles. The van der Waals surface area contributed by atoms with Crippen LogP contribution in [0.3, 0.4) is 0 Å². The van der Waals surface area contributed by atoms with Crippen molar-refractivity contribution in [1.82, 2.24) is 0 Å². The molecule has 0 amide bonds. The summed E-state index contributed by atoms with van der Waals surface area (Å²) in [5.41, 5.74) is 1.03. The molecule has 0 fully saturated rings. The number of hydrogen-bond donors (Lipinski definition) is 1. The van der Waals surface area contributed by atoms with Crippen molar-refractivity contribution in [3.8, 4) is 5.75 Å². The van der Waals surface area contributed by atoms with Crippen molar-refractivity contribution in [3.63, 3.8) is 0 Å². The Bertz CT molecular complexity index is 506. The normalized spacial score (nSPS) is 12.7. The van der Waals surface area contributed by atoms with E-state index >= 15 is 0 Å². The van der Waals surface area contributed by atoms with E-state index < -0.39 is 12.0 Å². The van der Waals surface area contributed by atoms with E-state index in [0.29, 0.717) is 23.3 Å². The Morgan fingerprint density at radius 3 is 2.29 bits per heavy atom. The number of anilines is 1. The molecule has 114 valence electrons. The topological polar surface area (TPSA) is 64.6 Å². The third-order valence-electron chi connectivity index (χ3n) is 2.79. The van der Waals surface area contributed by atoms with Gasteiger partial charge in [-0.3, -0.25) is 4.79 Å². The van der Waals surface area contributed by atoms with E-state index in [9.17, 15) is 9.59 Å². The highest BCUT2D eigenvalue weighted by molar-refractivity contribution is 5.92. The summed E-state index contributed by atoms with van der Waals surface area (Å²) in [7, 11) is 1.58. The largest absolute Gasteiger partial charge is 0.497 e. The second kappa shape index (κ2) is 8.09. The Kier molecular flexibility index (Phi) is 6.46. The van der Waals surface area contributed by atoms with Gasteiger partial charge < -0.3 is 14.8 Å². The van der Waals surface area contributed by atoms with Crippen LogP contribution in [0.2, 0.25) is 0 Å². The quantitative estimate of drug-likeness (QED) is 0.475. The van der Waals surface area contributed by atoms with Crippen molar-refractivity contribution in [2.45, 2.75) is 32.9 Å². The van der Waals surface area contributed by atoms with Crippen molar-refractivity contribution in [3.05, 3.63) is 35.9 Å². The zero-order chi connectivity index (χ0) is 15.8. The average molecular weight is 291 g/mol. The van der Waals surface area contributed by atoms with E-state index in [0.717, 1.165) is 0 Å². The van der Waals surface area contributed by atoms with Crippen molar-refractivity contribution in [2.24, 2.45) is 0 Å². The van der Waals surface area contributed by atoms with Crippen LogP contribution in [0.4, 0.5) is 5.69 Å². The second-order valence-electron chi connectivity index (χ2n) is 4.70. The number of nitrogens with one attached hydrogen (secondary N) is 1. The van der Waals surface area contributed by atoms with E-state index in [4.69, 9.17) is 9.47 Å². The maximum Gasteiger partial charge on any atom is 0.333 e. The van der Waals surface area contributed by atoms with Crippen molar-refractivity contribution < 1.29 is 19.1 Å². The highest BCUT2D eigenvalue weighted by Crippen LogP contribution is 2.18. The van der Waals surface area contributed by atoms with Gasteiger partial charge in [0.15, 0.2) is 6.04 Å². The molecule has 1 atom stereocenters. The Balaban J connectivity index is 2.95. The molecule has 1 N–H and O–H groups in total. The summed E-state index contributed by atoms with van der Waals surface area (Å²) in [6.07, 6.45) is 2.00. The molecule has 5 heteroatoms. The maximum atomic E-state index is 12.1. The minimum Gasteiger partial charge on any atom is -0.497 e.